The van der Waals surface area contributed by atoms with E-state index < -0.39 is 0 Å². The van der Waals surface area contributed by atoms with Gasteiger partial charge in [0, 0.05) is 0 Å². The van der Waals surface area contributed by atoms with Crippen molar-refractivity contribution in [3.63, 3.8) is 0 Å². The standard InChI is InChI=1S/C11H14N4OS/c1-3-8-4-5-17-9(8)11(16)14-7(2)10-12-6-13-15-10/h4-7H,3H2,1-2H3,(H,14,16)(H,12,13,15). The highest BCUT2D eigenvalue weighted by Crippen LogP contribution is 2.18. The summed E-state index contributed by atoms with van der Waals surface area (Å²) in [7, 11) is 0. The Morgan fingerprint density at radius 1 is 1.65 bits per heavy atom. The minimum absolute atomic E-state index is 0.0549. The second kappa shape index (κ2) is 5.09. The van der Waals surface area contributed by atoms with E-state index in [9.17, 15) is 4.79 Å². The van der Waals surface area contributed by atoms with E-state index in [-0.39, 0.29) is 11.9 Å². The minimum Gasteiger partial charge on any atom is -0.342 e. The Balaban J connectivity index is 2.07. The maximum absolute atomic E-state index is 12.0. The first-order valence-corrected chi connectivity index (χ1v) is 6.32. The van der Waals surface area contributed by atoms with E-state index in [2.05, 4.69) is 20.5 Å². The van der Waals surface area contributed by atoms with Crippen LogP contribution in [-0.2, 0) is 6.42 Å². The Hall–Kier alpha value is -1.69. The number of carbonyl (C=O) groups is 1. The van der Waals surface area contributed by atoms with Crippen molar-refractivity contribution in [2.75, 3.05) is 0 Å². The molecule has 0 saturated heterocycles. The van der Waals surface area contributed by atoms with E-state index in [1.165, 1.54) is 17.7 Å². The topological polar surface area (TPSA) is 70.7 Å². The first-order valence-electron chi connectivity index (χ1n) is 5.44. The van der Waals surface area contributed by atoms with Crippen molar-refractivity contribution in [1.29, 1.82) is 0 Å². The fraction of sp³-hybridized carbons (Fsp3) is 0.364. The van der Waals surface area contributed by atoms with Crippen LogP contribution in [0.4, 0.5) is 0 Å². The van der Waals surface area contributed by atoms with Crippen molar-refractivity contribution in [2.24, 2.45) is 0 Å². The summed E-state index contributed by atoms with van der Waals surface area (Å²) in [4.78, 5) is 16.8. The molecule has 1 atom stereocenters. The Kier molecular flexibility index (Phi) is 3.53. The lowest BCUT2D eigenvalue weighted by Gasteiger charge is -2.10. The molecule has 2 aromatic rings. The van der Waals surface area contributed by atoms with Crippen molar-refractivity contribution >= 4 is 17.2 Å². The molecule has 0 aliphatic heterocycles. The minimum atomic E-state index is -0.170. The van der Waals surface area contributed by atoms with Crippen molar-refractivity contribution in [3.8, 4) is 0 Å². The molecule has 0 bridgehead atoms. The second-order valence-electron chi connectivity index (χ2n) is 3.69. The van der Waals surface area contributed by atoms with Crippen molar-refractivity contribution in [1.82, 2.24) is 20.5 Å². The largest absolute Gasteiger partial charge is 0.342 e. The summed E-state index contributed by atoms with van der Waals surface area (Å²) in [6.45, 7) is 3.91. The predicted octanol–water partition coefficient (Wildman–Crippen LogP) is 1.92. The number of nitrogens with one attached hydrogen (secondary N) is 2. The number of aromatic amines is 1. The zero-order valence-electron chi connectivity index (χ0n) is 9.73. The van der Waals surface area contributed by atoms with Gasteiger partial charge >= 0.3 is 0 Å². The molecule has 1 unspecified atom stereocenters. The number of aromatic nitrogens is 3. The van der Waals surface area contributed by atoms with Crippen LogP contribution in [0.15, 0.2) is 17.8 Å². The Morgan fingerprint density at radius 2 is 2.47 bits per heavy atom. The van der Waals surface area contributed by atoms with Gasteiger partial charge in [0.1, 0.15) is 12.2 Å². The van der Waals surface area contributed by atoms with E-state index >= 15 is 0 Å². The van der Waals surface area contributed by atoms with Crippen LogP contribution < -0.4 is 5.32 Å². The maximum Gasteiger partial charge on any atom is 0.262 e. The van der Waals surface area contributed by atoms with Crippen LogP contribution in [0.2, 0.25) is 0 Å². The molecule has 2 rings (SSSR count). The summed E-state index contributed by atoms with van der Waals surface area (Å²) in [6, 6.07) is 1.82. The number of hydrogen-bond acceptors (Lipinski definition) is 4. The lowest BCUT2D eigenvalue weighted by atomic mass is 10.2. The van der Waals surface area contributed by atoms with Crippen LogP contribution in [-0.4, -0.2) is 21.1 Å². The van der Waals surface area contributed by atoms with E-state index in [4.69, 9.17) is 0 Å². The normalized spacial score (nSPS) is 12.4. The highest BCUT2D eigenvalue weighted by atomic mass is 32.1. The lowest BCUT2D eigenvalue weighted by Crippen LogP contribution is -2.27. The van der Waals surface area contributed by atoms with Gasteiger partial charge in [-0.15, -0.1) is 11.3 Å². The molecule has 0 saturated carbocycles. The second-order valence-corrected chi connectivity index (χ2v) is 4.61. The van der Waals surface area contributed by atoms with Crippen molar-refractivity contribution < 1.29 is 4.79 Å². The van der Waals surface area contributed by atoms with Gasteiger partial charge in [-0.1, -0.05) is 6.92 Å². The zero-order valence-corrected chi connectivity index (χ0v) is 10.5. The third-order valence-corrected chi connectivity index (χ3v) is 3.48. The Labute approximate surface area is 103 Å². The molecule has 6 heteroatoms. The molecule has 0 aliphatic rings. The molecule has 0 radical (unpaired) electrons. The van der Waals surface area contributed by atoms with Crippen LogP contribution in [0.5, 0.6) is 0 Å². The summed E-state index contributed by atoms with van der Waals surface area (Å²) in [5.74, 6) is 0.605. The van der Waals surface area contributed by atoms with Gasteiger partial charge in [0.05, 0.1) is 10.9 Å². The van der Waals surface area contributed by atoms with Crippen molar-refractivity contribution in [2.45, 2.75) is 26.3 Å². The summed E-state index contributed by atoms with van der Waals surface area (Å²) >= 11 is 1.46. The van der Waals surface area contributed by atoms with Gasteiger partial charge in [0.2, 0.25) is 0 Å². The molecule has 0 aromatic carbocycles. The van der Waals surface area contributed by atoms with Gasteiger partial charge in [-0.25, -0.2) is 4.98 Å². The third kappa shape index (κ3) is 2.52. The van der Waals surface area contributed by atoms with Crippen LogP contribution in [0, 0.1) is 0 Å². The smallest absolute Gasteiger partial charge is 0.262 e. The zero-order chi connectivity index (χ0) is 12.3. The molecular weight excluding hydrogens is 236 g/mol. The molecule has 90 valence electrons. The van der Waals surface area contributed by atoms with Crippen LogP contribution in [0.3, 0.4) is 0 Å². The summed E-state index contributed by atoms with van der Waals surface area (Å²) in [5.41, 5.74) is 1.08. The van der Waals surface area contributed by atoms with Crippen LogP contribution >= 0.6 is 11.3 Å². The fourth-order valence-electron chi connectivity index (χ4n) is 1.57. The van der Waals surface area contributed by atoms with Gasteiger partial charge in [-0.05, 0) is 30.4 Å². The monoisotopic (exact) mass is 250 g/mol. The third-order valence-electron chi connectivity index (χ3n) is 2.53. The molecule has 1 amide bonds. The molecule has 0 aliphatic carbocycles. The number of H-pyrrole nitrogens is 1. The van der Waals surface area contributed by atoms with E-state index in [1.54, 1.807) is 0 Å². The number of thiophene rings is 1. The number of carbonyl (C=O) groups excluding carboxylic acids is 1. The molecule has 2 N–H and O–H groups in total. The number of rotatable bonds is 4. The predicted molar refractivity (Wildman–Crippen MR) is 66.0 cm³/mol. The van der Waals surface area contributed by atoms with Gasteiger partial charge in [0.15, 0.2) is 0 Å². The van der Waals surface area contributed by atoms with Crippen LogP contribution in [0.25, 0.3) is 0 Å². The van der Waals surface area contributed by atoms with Gasteiger partial charge in [-0.3, -0.25) is 9.89 Å². The summed E-state index contributed by atoms with van der Waals surface area (Å²) in [5, 5.41) is 11.3. The first-order chi connectivity index (χ1) is 8.22. The van der Waals surface area contributed by atoms with E-state index in [0.29, 0.717) is 5.82 Å². The van der Waals surface area contributed by atoms with Gasteiger partial charge in [-0.2, -0.15) is 5.10 Å². The Bertz CT molecular complexity index is 491. The highest BCUT2D eigenvalue weighted by Gasteiger charge is 2.16. The van der Waals surface area contributed by atoms with E-state index in [0.717, 1.165) is 16.9 Å². The number of hydrogen-bond donors (Lipinski definition) is 2. The number of nitrogens with zero attached hydrogens (tertiary/aromatic N) is 2. The summed E-state index contributed by atoms with van der Waals surface area (Å²) < 4.78 is 0. The number of amides is 1. The lowest BCUT2D eigenvalue weighted by molar-refractivity contribution is 0.0941. The molecule has 0 fully saturated rings. The Morgan fingerprint density at radius 3 is 3.12 bits per heavy atom. The SMILES string of the molecule is CCc1ccsc1C(=O)NC(C)c1ncn[nH]1. The van der Waals surface area contributed by atoms with Crippen LogP contribution in [0.1, 0.15) is 40.9 Å². The van der Waals surface area contributed by atoms with Crippen molar-refractivity contribution in [3.05, 3.63) is 34.0 Å². The quantitative estimate of drug-likeness (QED) is 0.871. The molecule has 0 spiro atoms. The molecule has 17 heavy (non-hydrogen) atoms. The summed E-state index contributed by atoms with van der Waals surface area (Å²) in [6.07, 6.45) is 2.30. The molecule has 5 nitrogen and oxygen atoms in total. The molecular formula is C11H14N4OS. The first kappa shape index (κ1) is 11.8. The fourth-order valence-corrected chi connectivity index (χ4v) is 2.47. The maximum atomic E-state index is 12.0. The van der Waals surface area contributed by atoms with E-state index in [1.807, 2.05) is 25.3 Å². The van der Waals surface area contributed by atoms with Gasteiger partial charge < -0.3 is 5.32 Å². The average molecular weight is 250 g/mol. The number of aryl methyl sites for hydroxylation is 1. The average Bonchev–Trinajstić information content (AvgIpc) is 2.99. The molecule has 2 heterocycles. The molecule has 2 aromatic heterocycles. The highest BCUT2D eigenvalue weighted by molar-refractivity contribution is 7.12. The van der Waals surface area contributed by atoms with Gasteiger partial charge in [0.25, 0.3) is 5.91 Å².